The van der Waals surface area contributed by atoms with Gasteiger partial charge in [0.1, 0.15) is 16.3 Å². The van der Waals surface area contributed by atoms with Crippen molar-refractivity contribution in [3.05, 3.63) is 35.9 Å². The van der Waals surface area contributed by atoms with E-state index in [0.29, 0.717) is 6.42 Å². The molecule has 0 aliphatic rings. The largest absolute Gasteiger partial charge is 0.453 e. The summed E-state index contributed by atoms with van der Waals surface area (Å²) >= 11 is 1.95. The van der Waals surface area contributed by atoms with E-state index in [9.17, 15) is 9.59 Å². The van der Waals surface area contributed by atoms with E-state index in [1.807, 2.05) is 52.9 Å². The lowest BCUT2D eigenvalue weighted by Gasteiger charge is -2.29. The van der Waals surface area contributed by atoms with Gasteiger partial charge < -0.3 is 9.47 Å². The number of hydrogen-bond donors (Lipinski definition) is 0. The molecular weight excluding hydrogens is 397 g/mol. The first-order valence-electron chi connectivity index (χ1n) is 6.97. The van der Waals surface area contributed by atoms with Crippen LogP contribution in [-0.2, 0) is 20.7 Å². The van der Waals surface area contributed by atoms with Crippen molar-refractivity contribution >= 4 is 34.7 Å². The van der Waals surface area contributed by atoms with Gasteiger partial charge in [0.25, 0.3) is 0 Å². The summed E-state index contributed by atoms with van der Waals surface area (Å²) in [5.41, 5.74) is 0.337. The molecule has 1 amide bonds. The molecule has 0 N–H and O–H groups in total. The number of rotatable bonds is 5. The van der Waals surface area contributed by atoms with Crippen molar-refractivity contribution in [3.8, 4) is 0 Å². The van der Waals surface area contributed by atoms with Crippen LogP contribution < -0.4 is 0 Å². The average Bonchev–Trinajstić information content (AvgIpc) is 2.43. The van der Waals surface area contributed by atoms with Gasteiger partial charge in [-0.25, -0.2) is 9.59 Å². The van der Waals surface area contributed by atoms with E-state index >= 15 is 0 Å². The zero-order valence-electron chi connectivity index (χ0n) is 13.3. The molecule has 0 aliphatic heterocycles. The molecule has 6 heteroatoms. The Balaban J connectivity index is 2.89. The number of esters is 1. The van der Waals surface area contributed by atoms with Crippen molar-refractivity contribution in [3.63, 3.8) is 0 Å². The summed E-state index contributed by atoms with van der Waals surface area (Å²) in [6.45, 7) is 5.36. The lowest BCUT2D eigenvalue weighted by Crippen LogP contribution is -2.46. The van der Waals surface area contributed by atoms with Crippen molar-refractivity contribution in [2.75, 3.05) is 11.7 Å². The first kappa shape index (κ1) is 18.7. The molecule has 0 aromatic heterocycles. The van der Waals surface area contributed by atoms with Crippen LogP contribution in [-0.4, -0.2) is 40.3 Å². The Kier molecular flexibility index (Phi) is 7.12. The standard InChI is InChI=1S/C16H22INO4/c1-16(2,3)22-15(20)18(4)13(14(19)21-11-17)10-12-8-6-5-7-9-12/h5-9,13H,10-11H2,1-4H3/t13-/m0/s1. The Morgan fingerprint density at radius 1 is 1.23 bits per heavy atom. The van der Waals surface area contributed by atoms with E-state index in [0.717, 1.165) is 5.56 Å². The molecule has 1 aromatic carbocycles. The second-order valence-electron chi connectivity index (χ2n) is 5.87. The van der Waals surface area contributed by atoms with E-state index < -0.39 is 23.7 Å². The fraction of sp³-hybridized carbons (Fsp3) is 0.500. The van der Waals surface area contributed by atoms with Crippen molar-refractivity contribution in [1.82, 2.24) is 4.90 Å². The lowest BCUT2D eigenvalue weighted by molar-refractivity contribution is -0.146. The van der Waals surface area contributed by atoms with Crippen LogP contribution in [0.5, 0.6) is 0 Å². The smallest absolute Gasteiger partial charge is 0.410 e. The van der Waals surface area contributed by atoms with Crippen molar-refractivity contribution in [1.29, 1.82) is 0 Å². The van der Waals surface area contributed by atoms with E-state index in [1.165, 1.54) is 4.90 Å². The van der Waals surface area contributed by atoms with Crippen molar-refractivity contribution in [2.24, 2.45) is 0 Å². The summed E-state index contributed by atoms with van der Waals surface area (Å²) < 4.78 is 10.6. The SMILES string of the molecule is CN(C(=O)OC(C)(C)C)[C@@H](Cc1ccccc1)C(=O)OCI. The third-order valence-corrected chi connectivity index (χ3v) is 3.20. The number of alkyl halides is 1. The number of hydrogen-bond acceptors (Lipinski definition) is 4. The molecule has 122 valence electrons. The van der Waals surface area contributed by atoms with Gasteiger partial charge in [-0.15, -0.1) is 0 Å². The predicted octanol–water partition coefficient (Wildman–Crippen LogP) is 3.40. The Morgan fingerprint density at radius 3 is 2.32 bits per heavy atom. The minimum Gasteiger partial charge on any atom is -0.453 e. The van der Waals surface area contributed by atoms with Crippen LogP contribution in [0, 0.1) is 0 Å². The Bertz CT molecular complexity index is 499. The summed E-state index contributed by atoms with van der Waals surface area (Å²) in [7, 11) is 1.55. The van der Waals surface area contributed by atoms with Gasteiger partial charge in [0.15, 0.2) is 0 Å². The van der Waals surface area contributed by atoms with Gasteiger partial charge in [-0.1, -0.05) is 30.3 Å². The molecule has 0 heterocycles. The molecule has 0 aliphatic carbocycles. The van der Waals surface area contributed by atoms with Crippen LogP contribution in [0.1, 0.15) is 26.3 Å². The molecule has 5 nitrogen and oxygen atoms in total. The van der Waals surface area contributed by atoms with Crippen molar-refractivity contribution in [2.45, 2.75) is 38.8 Å². The summed E-state index contributed by atoms with van der Waals surface area (Å²) in [5, 5.41) is 0. The van der Waals surface area contributed by atoms with Crippen LogP contribution in [0.4, 0.5) is 4.79 Å². The van der Waals surface area contributed by atoms with Crippen LogP contribution in [0.15, 0.2) is 30.3 Å². The maximum absolute atomic E-state index is 12.2. The number of benzene rings is 1. The van der Waals surface area contributed by atoms with Crippen molar-refractivity contribution < 1.29 is 19.1 Å². The third-order valence-electron chi connectivity index (χ3n) is 2.89. The van der Waals surface area contributed by atoms with Gasteiger partial charge in [-0.05, 0) is 48.9 Å². The maximum Gasteiger partial charge on any atom is 0.410 e. The molecule has 22 heavy (non-hydrogen) atoms. The Morgan fingerprint density at radius 2 is 1.82 bits per heavy atom. The molecule has 0 spiro atoms. The highest BCUT2D eigenvalue weighted by molar-refractivity contribution is 14.1. The van der Waals surface area contributed by atoms with E-state index in [-0.39, 0.29) is 4.61 Å². The fourth-order valence-electron chi connectivity index (χ4n) is 1.83. The normalized spacial score (nSPS) is 12.4. The molecular formula is C16H22INO4. The second-order valence-corrected chi connectivity index (χ2v) is 6.49. The van der Waals surface area contributed by atoms with Gasteiger partial charge >= 0.3 is 12.1 Å². The third kappa shape index (κ3) is 6.21. The molecule has 1 atom stereocenters. The molecule has 1 rings (SSSR count). The van der Waals surface area contributed by atoms with E-state index in [1.54, 1.807) is 27.8 Å². The molecule has 0 radical (unpaired) electrons. The summed E-state index contributed by atoms with van der Waals surface area (Å²) in [5.74, 6) is -0.438. The minimum atomic E-state index is -0.716. The van der Waals surface area contributed by atoms with Crippen LogP contribution in [0.2, 0.25) is 0 Å². The predicted molar refractivity (Wildman–Crippen MR) is 92.9 cm³/mol. The van der Waals surface area contributed by atoms with Crippen LogP contribution in [0.3, 0.4) is 0 Å². The van der Waals surface area contributed by atoms with Gasteiger partial charge in [0.2, 0.25) is 0 Å². The number of likely N-dealkylation sites (N-methyl/N-ethyl adjacent to an activating group) is 1. The zero-order valence-corrected chi connectivity index (χ0v) is 15.5. The summed E-state index contributed by atoms with van der Waals surface area (Å²) in [6.07, 6.45) is -0.162. The van der Waals surface area contributed by atoms with Gasteiger partial charge in [0, 0.05) is 13.5 Å². The highest BCUT2D eigenvalue weighted by atomic mass is 127. The van der Waals surface area contributed by atoms with Crippen LogP contribution in [0.25, 0.3) is 0 Å². The van der Waals surface area contributed by atoms with Crippen LogP contribution >= 0.6 is 22.6 Å². The fourth-order valence-corrected chi connectivity index (χ4v) is 2.13. The zero-order chi connectivity index (χ0) is 16.8. The molecule has 0 saturated carbocycles. The Labute approximate surface area is 145 Å². The first-order valence-corrected chi connectivity index (χ1v) is 8.49. The van der Waals surface area contributed by atoms with Gasteiger partial charge in [-0.3, -0.25) is 4.90 Å². The average molecular weight is 419 g/mol. The molecule has 0 unspecified atom stereocenters. The number of carbonyl (C=O) groups is 2. The Hall–Kier alpha value is -1.31. The maximum atomic E-state index is 12.2. The van der Waals surface area contributed by atoms with Gasteiger partial charge in [-0.2, -0.15) is 0 Å². The molecule has 0 saturated heterocycles. The summed E-state index contributed by atoms with van der Waals surface area (Å²) in [6, 6.07) is 8.79. The number of amides is 1. The number of nitrogens with zero attached hydrogens (tertiary/aromatic N) is 1. The van der Waals surface area contributed by atoms with Gasteiger partial charge in [0.05, 0.1) is 0 Å². The topological polar surface area (TPSA) is 55.8 Å². The quantitative estimate of drug-likeness (QED) is 0.417. The molecule has 0 fully saturated rings. The summed E-state index contributed by atoms with van der Waals surface area (Å²) in [4.78, 5) is 25.7. The number of carbonyl (C=O) groups excluding carboxylic acids is 2. The number of ether oxygens (including phenoxy) is 2. The molecule has 1 aromatic rings. The molecule has 0 bridgehead atoms. The lowest BCUT2D eigenvalue weighted by atomic mass is 10.1. The highest BCUT2D eigenvalue weighted by Gasteiger charge is 2.31. The minimum absolute atomic E-state index is 0.240. The second kappa shape index (κ2) is 8.36. The number of halogens is 1. The van der Waals surface area contributed by atoms with E-state index in [2.05, 4.69) is 0 Å². The van der Waals surface area contributed by atoms with E-state index in [4.69, 9.17) is 9.47 Å². The highest BCUT2D eigenvalue weighted by Crippen LogP contribution is 2.15. The first-order chi connectivity index (χ1) is 10.2. The monoisotopic (exact) mass is 419 g/mol.